The first kappa shape index (κ1) is 11.3. The fourth-order valence-corrected chi connectivity index (χ4v) is 3.81. The number of aromatic nitrogens is 2. The van der Waals surface area contributed by atoms with Gasteiger partial charge in [0.25, 0.3) is 0 Å². The molecule has 1 aromatic carbocycles. The summed E-state index contributed by atoms with van der Waals surface area (Å²) in [7, 11) is 4.36. The van der Waals surface area contributed by atoms with Gasteiger partial charge in [-0.25, -0.2) is 4.98 Å². The first-order chi connectivity index (χ1) is 9.22. The van der Waals surface area contributed by atoms with Crippen molar-refractivity contribution in [1.82, 2.24) is 14.5 Å². The number of hydrogen-bond donors (Lipinski definition) is 0. The second-order valence-electron chi connectivity index (χ2n) is 6.11. The Morgan fingerprint density at radius 1 is 1.00 bits per heavy atom. The van der Waals surface area contributed by atoms with Gasteiger partial charge in [-0.05, 0) is 31.0 Å². The molecule has 0 spiro atoms. The molecule has 2 aromatic rings. The number of hydrogen-bond acceptors (Lipinski definition) is 3. The summed E-state index contributed by atoms with van der Waals surface area (Å²) in [4.78, 5) is 9.75. The number of imidazole rings is 1. The zero-order valence-electron chi connectivity index (χ0n) is 11.6. The predicted octanol–water partition coefficient (Wildman–Crippen LogP) is 1.57. The summed E-state index contributed by atoms with van der Waals surface area (Å²) in [5, 5.41) is 0. The molecule has 3 heterocycles. The smallest absolute Gasteiger partial charge is 0.206 e. The fraction of sp³-hybridized carbons (Fsp3) is 0.533. The van der Waals surface area contributed by atoms with Crippen molar-refractivity contribution in [3.63, 3.8) is 0 Å². The van der Waals surface area contributed by atoms with E-state index in [9.17, 15) is 0 Å². The van der Waals surface area contributed by atoms with Crippen LogP contribution in [-0.4, -0.2) is 47.7 Å². The topological polar surface area (TPSA) is 24.3 Å². The van der Waals surface area contributed by atoms with Gasteiger partial charge in [-0.2, -0.15) is 0 Å². The van der Waals surface area contributed by atoms with E-state index in [1.54, 1.807) is 0 Å². The SMILES string of the molecule is CN1CC2CN(c3nc4ccccc4n3C)CC2C1. The molecule has 0 saturated carbocycles. The summed E-state index contributed by atoms with van der Waals surface area (Å²) in [6.45, 7) is 4.80. The van der Waals surface area contributed by atoms with Crippen molar-refractivity contribution in [1.29, 1.82) is 0 Å². The second-order valence-corrected chi connectivity index (χ2v) is 6.11. The first-order valence-electron chi connectivity index (χ1n) is 7.07. The molecular weight excluding hydrogens is 236 g/mol. The minimum atomic E-state index is 0.824. The molecule has 4 heteroatoms. The Morgan fingerprint density at radius 3 is 2.37 bits per heavy atom. The minimum absolute atomic E-state index is 0.824. The summed E-state index contributed by atoms with van der Waals surface area (Å²) in [5.74, 6) is 2.79. The molecule has 2 aliphatic rings. The summed E-state index contributed by atoms with van der Waals surface area (Å²) in [6, 6.07) is 8.40. The van der Waals surface area contributed by atoms with Crippen LogP contribution in [0.2, 0.25) is 0 Å². The van der Waals surface area contributed by atoms with Crippen molar-refractivity contribution in [2.45, 2.75) is 0 Å². The normalized spacial score (nSPS) is 27.4. The zero-order valence-corrected chi connectivity index (χ0v) is 11.6. The number of para-hydroxylation sites is 2. The number of benzene rings is 1. The van der Waals surface area contributed by atoms with Gasteiger partial charge < -0.3 is 14.4 Å². The highest BCUT2D eigenvalue weighted by atomic mass is 15.3. The van der Waals surface area contributed by atoms with Crippen molar-refractivity contribution in [3.05, 3.63) is 24.3 Å². The average Bonchev–Trinajstić information content (AvgIpc) is 3.01. The molecule has 1 aromatic heterocycles. The Kier molecular flexibility index (Phi) is 2.36. The van der Waals surface area contributed by atoms with E-state index in [4.69, 9.17) is 4.98 Å². The molecule has 2 atom stereocenters. The largest absolute Gasteiger partial charge is 0.342 e. The molecule has 19 heavy (non-hydrogen) atoms. The van der Waals surface area contributed by atoms with Crippen LogP contribution in [0.5, 0.6) is 0 Å². The van der Waals surface area contributed by atoms with Gasteiger partial charge in [0.05, 0.1) is 11.0 Å². The first-order valence-corrected chi connectivity index (χ1v) is 7.07. The highest BCUT2D eigenvalue weighted by molar-refractivity contribution is 5.78. The zero-order chi connectivity index (χ0) is 13.0. The maximum absolute atomic E-state index is 4.82. The highest BCUT2D eigenvalue weighted by Gasteiger charge is 2.39. The molecule has 2 aliphatic heterocycles. The number of fused-ring (bicyclic) bond motifs is 2. The van der Waals surface area contributed by atoms with Crippen LogP contribution in [0, 0.1) is 11.8 Å². The van der Waals surface area contributed by atoms with E-state index < -0.39 is 0 Å². The summed E-state index contributed by atoms with van der Waals surface area (Å²) < 4.78 is 2.24. The Balaban J connectivity index is 1.67. The highest BCUT2D eigenvalue weighted by Crippen LogP contribution is 2.33. The van der Waals surface area contributed by atoms with Crippen molar-refractivity contribution < 1.29 is 0 Å². The molecule has 0 aliphatic carbocycles. The molecule has 2 fully saturated rings. The Hall–Kier alpha value is -1.55. The molecule has 100 valence electrons. The Labute approximate surface area is 113 Å². The molecule has 0 bridgehead atoms. The number of nitrogens with zero attached hydrogens (tertiary/aromatic N) is 4. The van der Waals surface area contributed by atoms with Gasteiger partial charge in [-0.15, -0.1) is 0 Å². The summed E-state index contributed by atoms with van der Waals surface area (Å²) >= 11 is 0. The van der Waals surface area contributed by atoms with Gasteiger partial charge in [-0.1, -0.05) is 12.1 Å². The van der Waals surface area contributed by atoms with Crippen LogP contribution in [0.4, 0.5) is 5.95 Å². The summed E-state index contributed by atoms with van der Waals surface area (Å²) in [5.41, 5.74) is 2.33. The number of rotatable bonds is 1. The predicted molar refractivity (Wildman–Crippen MR) is 77.4 cm³/mol. The molecule has 0 N–H and O–H groups in total. The van der Waals surface area contributed by atoms with Crippen LogP contribution in [-0.2, 0) is 7.05 Å². The van der Waals surface area contributed by atoms with Gasteiger partial charge in [0, 0.05) is 33.2 Å². The summed E-state index contributed by atoms with van der Waals surface area (Å²) in [6.07, 6.45) is 0. The lowest BCUT2D eigenvalue weighted by Gasteiger charge is -2.20. The van der Waals surface area contributed by atoms with E-state index in [-0.39, 0.29) is 0 Å². The lowest BCUT2D eigenvalue weighted by molar-refractivity contribution is 0.386. The molecule has 4 rings (SSSR count). The lowest BCUT2D eigenvalue weighted by Crippen LogP contribution is -2.28. The van der Waals surface area contributed by atoms with Crippen molar-refractivity contribution >= 4 is 17.0 Å². The standard InChI is InChI=1S/C15H20N4/c1-17-7-11-9-19(10-12(11)8-17)15-16-13-5-3-4-6-14(13)18(15)2/h3-6,11-12H,7-10H2,1-2H3. The number of anilines is 1. The maximum atomic E-state index is 4.82. The van der Waals surface area contributed by atoms with Crippen LogP contribution in [0.3, 0.4) is 0 Å². The molecule has 2 saturated heterocycles. The quantitative estimate of drug-likeness (QED) is 0.774. The van der Waals surface area contributed by atoms with Crippen molar-refractivity contribution in [2.75, 3.05) is 38.1 Å². The van der Waals surface area contributed by atoms with E-state index in [2.05, 4.69) is 52.7 Å². The van der Waals surface area contributed by atoms with Crippen LogP contribution >= 0.6 is 0 Å². The van der Waals surface area contributed by atoms with Crippen LogP contribution in [0.15, 0.2) is 24.3 Å². The van der Waals surface area contributed by atoms with E-state index in [0.717, 1.165) is 36.4 Å². The van der Waals surface area contributed by atoms with E-state index in [1.807, 2.05) is 0 Å². The maximum Gasteiger partial charge on any atom is 0.206 e. The van der Waals surface area contributed by atoms with Crippen LogP contribution < -0.4 is 4.90 Å². The molecule has 0 amide bonds. The third-order valence-electron chi connectivity index (χ3n) is 4.72. The van der Waals surface area contributed by atoms with Crippen LogP contribution in [0.1, 0.15) is 0 Å². The number of likely N-dealkylation sites (tertiary alicyclic amines) is 1. The molecule has 2 unspecified atom stereocenters. The Bertz CT molecular complexity index is 604. The third kappa shape index (κ3) is 1.66. The van der Waals surface area contributed by atoms with Crippen molar-refractivity contribution in [2.24, 2.45) is 18.9 Å². The van der Waals surface area contributed by atoms with Crippen molar-refractivity contribution in [3.8, 4) is 0 Å². The van der Waals surface area contributed by atoms with Gasteiger partial charge in [0.2, 0.25) is 5.95 Å². The van der Waals surface area contributed by atoms with Gasteiger partial charge in [-0.3, -0.25) is 0 Å². The molecular formula is C15H20N4. The fourth-order valence-electron chi connectivity index (χ4n) is 3.81. The third-order valence-corrected chi connectivity index (χ3v) is 4.72. The monoisotopic (exact) mass is 256 g/mol. The van der Waals surface area contributed by atoms with Crippen LogP contribution in [0.25, 0.3) is 11.0 Å². The van der Waals surface area contributed by atoms with Gasteiger partial charge in [0.15, 0.2) is 0 Å². The van der Waals surface area contributed by atoms with Gasteiger partial charge in [0.1, 0.15) is 0 Å². The molecule has 4 nitrogen and oxygen atoms in total. The number of aryl methyl sites for hydroxylation is 1. The second kappa shape index (κ2) is 3.97. The Morgan fingerprint density at radius 2 is 1.68 bits per heavy atom. The average molecular weight is 256 g/mol. The molecule has 0 radical (unpaired) electrons. The lowest BCUT2D eigenvalue weighted by atomic mass is 10.0. The van der Waals surface area contributed by atoms with E-state index in [0.29, 0.717) is 0 Å². The van der Waals surface area contributed by atoms with E-state index >= 15 is 0 Å². The van der Waals surface area contributed by atoms with Gasteiger partial charge >= 0.3 is 0 Å². The van der Waals surface area contributed by atoms with E-state index in [1.165, 1.54) is 18.6 Å². The minimum Gasteiger partial charge on any atom is -0.342 e.